The highest BCUT2D eigenvalue weighted by molar-refractivity contribution is 6.25. The molecule has 1 aliphatic carbocycles. The lowest BCUT2D eigenvalue weighted by Gasteiger charge is -2.19. The van der Waals surface area contributed by atoms with Crippen molar-refractivity contribution in [3.05, 3.63) is 18.2 Å². The van der Waals surface area contributed by atoms with E-state index in [-0.39, 0.29) is 23.7 Å². The van der Waals surface area contributed by atoms with Gasteiger partial charge in [0.05, 0.1) is 30.3 Å². The van der Waals surface area contributed by atoms with Gasteiger partial charge in [-0.3, -0.25) is 9.59 Å². The van der Waals surface area contributed by atoms with Gasteiger partial charge in [0, 0.05) is 6.07 Å². The number of benzene rings is 1. The van der Waals surface area contributed by atoms with E-state index in [2.05, 4.69) is 0 Å². The first kappa shape index (κ1) is 10.1. The number of nitrogens with two attached hydrogens (primary N) is 1. The summed E-state index contributed by atoms with van der Waals surface area (Å²) in [6.45, 7) is 0. The van der Waals surface area contributed by atoms with Crippen LogP contribution in [0.25, 0.3) is 0 Å². The standard InChI is InChI=1S/C12H12N2O3/c1-17-6-2-3-9(13)10(4-6)14-11(15)7-5-8(7)12(14)16/h2-4,7-8H,5,13H2,1H3. The molecule has 0 spiro atoms. The molecule has 2 fully saturated rings. The van der Waals surface area contributed by atoms with Crippen LogP contribution in [0.15, 0.2) is 18.2 Å². The number of anilines is 2. The average molecular weight is 232 g/mol. The van der Waals surface area contributed by atoms with Gasteiger partial charge in [-0.25, -0.2) is 4.90 Å². The third-order valence-electron chi connectivity index (χ3n) is 3.34. The van der Waals surface area contributed by atoms with Gasteiger partial charge < -0.3 is 10.5 Å². The van der Waals surface area contributed by atoms with E-state index in [0.29, 0.717) is 23.5 Å². The Morgan fingerprint density at radius 1 is 1.29 bits per heavy atom. The monoisotopic (exact) mass is 232 g/mol. The van der Waals surface area contributed by atoms with Gasteiger partial charge in [0.2, 0.25) is 11.8 Å². The van der Waals surface area contributed by atoms with Crippen molar-refractivity contribution < 1.29 is 14.3 Å². The summed E-state index contributed by atoms with van der Waals surface area (Å²) >= 11 is 0. The largest absolute Gasteiger partial charge is 0.497 e. The SMILES string of the molecule is COc1ccc(N)c(N2C(=O)C3CC3C2=O)c1. The predicted molar refractivity (Wildman–Crippen MR) is 61.5 cm³/mol. The Morgan fingerprint density at radius 2 is 1.94 bits per heavy atom. The molecular formula is C12H12N2O3. The number of imide groups is 1. The van der Waals surface area contributed by atoms with Crippen LogP contribution in [-0.2, 0) is 9.59 Å². The maximum Gasteiger partial charge on any atom is 0.237 e. The minimum atomic E-state index is -0.139. The lowest BCUT2D eigenvalue weighted by atomic mass is 10.2. The first-order chi connectivity index (χ1) is 8.13. The minimum absolute atomic E-state index is 0.117. The van der Waals surface area contributed by atoms with E-state index in [1.807, 2.05) is 0 Å². The zero-order valence-electron chi connectivity index (χ0n) is 9.34. The molecule has 1 aromatic carbocycles. The molecule has 5 heteroatoms. The molecule has 0 radical (unpaired) electrons. The highest BCUT2D eigenvalue weighted by Gasteiger charge is 2.59. The molecule has 1 aromatic rings. The normalized spacial score (nSPS) is 26.1. The Bertz CT molecular complexity index is 506. The third-order valence-corrected chi connectivity index (χ3v) is 3.34. The maximum atomic E-state index is 11.9. The summed E-state index contributed by atoms with van der Waals surface area (Å²) in [5, 5.41) is 0. The van der Waals surface area contributed by atoms with Crippen molar-refractivity contribution in [2.45, 2.75) is 6.42 Å². The fraction of sp³-hybridized carbons (Fsp3) is 0.333. The highest BCUT2D eigenvalue weighted by Crippen LogP contribution is 2.49. The van der Waals surface area contributed by atoms with E-state index < -0.39 is 0 Å². The highest BCUT2D eigenvalue weighted by atomic mass is 16.5. The van der Waals surface area contributed by atoms with Crippen LogP contribution in [0.3, 0.4) is 0 Å². The van der Waals surface area contributed by atoms with Gasteiger partial charge in [0.15, 0.2) is 0 Å². The summed E-state index contributed by atoms with van der Waals surface area (Å²) in [6.07, 6.45) is 0.692. The number of ether oxygens (including phenoxy) is 1. The van der Waals surface area contributed by atoms with E-state index >= 15 is 0 Å². The lowest BCUT2D eigenvalue weighted by Crippen LogP contribution is -2.33. The number of hydrogen-bond acceptors (Lipinski definition) is 4. The van der Waals surface area contributed by atoms with Crippen molar-refractivity contribution in [2.75, 3.05) is 17.7 Å². The van der Waals surface area contributed by atoms with Crippen molar-refractivity contribution in [3.63, 3.8) is 0 Å². The molecule has 2 unspecified atom stereocenters. The molecule has 1 saturated carbocycles. The van der Waals surface area contributed by atoms with Crippen LogP contribution in [0.5, 0.6) is 5.75 Å². The summed E-state index contributed by atoms with van der Waals surface area (Å²) in [5.74, 6) is 0.0662. The number of nitrogens with zero attached hydrogens (tertiary/aromatic N) is 1. The van der Waals surface area contributed by atoms with Crippen LogP contribution in [0.1, 0.15) is 6.42 Å². The lowest BCUT2D eigenvalue weighted by molar-refractivity contribution is -0.123. The van der Waals surface area contributed by atoms with Gasteiger partial charge in [-0.15, -0.1) is 0 Å². The smallest absolute Gasteiger partial charge is 0.237 e. The number of fused-ring (bicyclic) bond motifs is 1. The van der Waals surface area contributed by atoms with Crippen LogP contribution < -0.4 is 15.4 Å². The number of amides is 2. The second-order valence-electron chi connectivity index (χ2n) is 4.39. The molecule has 0 bridgehead atoms. The number of hydrogen-bond donors (Lipinski definition) is 1. The summed E-state index contributed by atoms with van der Waals surface area (Å²) in [5.41, 5.74) is 6.65. The van der Waals surface area contributed by atoms with Crippen molar-refractivity contribution in [3.8, 4) is 5.75 Å². The molecule has 3 rings (SSSR count). The van der Waals surface area contributed by atoms with Gasteiger partial charge in [-0.2, -0.15) is 0 Å². The quantitative estimate of drug-likeness (QED) is 0.604. The molecule has 2 atom stereocenters. The zero-order valence-corrected chi connectivity index (χ0v) is 9.34. The Kier molecular flexibility index (Phi) is 1.92. The van der Waals surface area contributed by atoms with Crippen molar-refractivity contribution >= 4 is 23.2 Å². The van der Waals surface area contributed by atoms with Gasteiger partial charge in [-0.1, -0.05) is 0 Å². The summed E-state index contributed by atoms with van der Waals surface area (Å²) in [4.78, 5) is 25.0. The number of piperidine rings is 1. The van der Waals surface area contributed by atoms with Crippen LogP contribution in [0.4, 0.5) is 11.4 Å². The summed E-state index contributed by atoms with van der Waals surface area (Å²) in [6, 6.07) is 4.96. The molecule has 1 heterocycles. The molecule has 1 saturated heterocycles. The zero-order chi connectivity index (χ0) is 12.2. The molecule has 5 nitrogen and oxygen atoms in total. The second kappa shape index (κ2) is 3.23. The van der Waals surface area contributed by atoms with Crippen LogP contribution in [0, 0.1) is 11.8 Å². The van der Waals surface area contributed by atoms with Crippen LogP contribution >= 0.6 is 0 Å². The molecule has 2 N–H and O–H groups in total. The number of carbonyl (C=O) groups is 2. The van der Waals surface area contributed by atoms with Crippen LogP contribution in [0.2, 0.25) is 0 Å². The number of methoxy groups -OCH3 is 1. The van der Waals surface area contributed by atoms with Crippen molar-refractivity contribution in [1.82, 2.24) is 0 Å². The Labute approximate surface area is 98.1 Å². The van der Waals surface area contributed by atoms with Gasteiger partial charge >= 0.3 is 0 Å². The molecule has 2 amide bonds. The van der Waals surface area contributed by atoms with E-state index in [1.54, 1.807) is 18.2 Å². The molecule has 1 aliphatic heterocycles. The molecule has 17 heavy (non-hydrogen) atoms. The van der Waals surface area contributed by atoms with Gasteiger partial charge in [-0.05, 0) is 18.6 Å². The van der Waals surface area contributed by atoms with E-state index in [1.165, 1.54) is 12.0 Å². The van der Waals surface area contributed by atoms with Crippen LogP contribution in [-0.4, -0.2) is 18.9 Å². The Hall–Kier alpha value is -2.04. The summed E-state index contributed by atoms with van der Waals surface area (Å²) in [7, 11) is 1.53. The Morgan fingerprint density at radius 3 is 2.53 bits per heavy atom. The minimum Gasteiger partial charge on any atom is -0.497 e. The van der Waals surface area contributed by atoms with E-state index in [4.69, 9.17) is 10.5 Å². The third kappa shape index (κ3) is 1.32. The van der Waals surface area contributed by atoms with E-state index in [9.17, 15) is 9.59 Å². The first-order valence-electron chi connectivity index (χ1n) is 5.45. The summed E-state index contributed by atoms with van der Waals surface area (Å²) < 4.78 is 5.07. The molecule has 88 valence electrons. The van der Waals surface area contributed by atoms with Gasteiger partial charge in [0.25, 0.3) is 0 Å². The molecule has 2 aliphatic rings. The predicted octanol–water partition coefficient (Wildman–Crippen LogP) is 0.787. The number of rotatable bonds is 2. The maximum absolute atomic E-state index is 11.9. The van der Waals surface area contributed by atoms with Crippen molar-refractivity contribution in [2.24, 2.45) is 11.8 Å². The molecular weight excluding hydrogens is 220 g/mol. The first-order valence-corrected chi connectivity index (χ1v) is 5.45. The van der Waals surface area contributed by atoms with E-state index in [0.717, 1.165) is 0 Å². The number of nitrogen functional groups attached to an aromatic ring is 1. The van der Waals surface area contributed by atoms with Gasteiger partial charge in [0.1, 0.15) is 5.75 Å². The fourth-order valence-electron chi connectivity index (χ4n) is 2.26. The molecule has 0 aromatic heterocycles. The Balaban J connectivity index is 2.04. The van der Waals surface area contributed by atoms with Crippen molar-refractivity contribution in [1.29, 1.82) is 0 Å². The average Bonchev–Trinajstić information content (AvgIpc) is 3.07. The number of carbonyl (C=O) groups excluding carboxylic acids is 2. The second-order valence-corrected chi connectivity index (χ2v) is 4.39. The fourth-order valence-corrected chi connectivity index (χ4v) is 2.26. The topological polar surface area (TPSA) is 72.6 Å².